The second-order valence-corrected chi connectivity index (χ2v) is 7.00. The lowest BCUT2D eigenvalue weighted by atomic mass is 10.1. The van der Waals surface area contributed by atoms with E-state index in [0.29, 0.717) is 31.2 Å². The normalized spacial score (nSPS) is 18.6. The number of alkyl halides is 1. The Morgan fingerprint density at radius 1 is 1.45 bits per heavy atom. The van der Waals surface area contributed by atoms with Crippen LogP contribution in [-0.2, 0) is 20.6 Å². The maximum absolute atomic E-state index is 12.6. The monoisotopic (exact) mass is 321 g/mol. The minimum atomic E-state index is -3.49. The lowest BCUT2D eigenvalue weighted by Crippen LogP contribution is -2.40. The SMILES string of the molecule is CCOC1CCN(S(=O)(=O)c2cc(CCl)oc2C)CC1. The van der Waals surface area contributed by atoms with E-state index in [-0.39, 0.29) is 16.9 Å². The molecule has 2 rings (SSSR count). The van der Waals surface area contributed by atoms with Crippen molar-refractivity contribution in [1.29, 1.82) is 0 Å². The van der Waals surface area contributed by atoms with Gasteiger partial charge in [-0.3, -0.25) is 0 Å². The average Bonchev–Trinajstić information content (AvgIpc) is 2.82. The maximum atomic E-state index is 12.6. The first-order chi connectivity index (χ1) is 9.48. The molecule has 1 aliphatic rings. The molecule has 1 saturated heterocycles. The predicted octanol–water partition coefficient (Wildman–Crippen LogP) is 2.52. The Bertz CT molecular complexity index is 547. The highest BCUT2D eigenvalue weighted by Gasteiger charge is 2.32. The number of ether oxygens (including phenoxy) is 1. The van der Waals surface area contributed by atoms with Gasteiger partial charge in [0.25, 0.3) is 0 Å². The molecule has 1 aromatic heterocycles. The standard InChI is InChI=1S/C13H20ClNO4S/c1-3-18-11-4-6-15(7-5-11)20(16,17)13-8-12(9-14)19-10(13)2/h8,11H,3-7,9H2,1-2H3. The van der Waals surface area contributed by atoms with Crippen LogP contribution in [0.5, 0.6) is 0 Å². The van der Waals surface area contributed by atoms with Crippen molar-refractivity contribution in [2.24, 2.45) is 0 Å². The van der Waals surface area contributed by atoms with E-state index >= 15 is 0 Å². The number of piperidine rings is 1. The first kappa shape index (κ1) is 15.8. The van der Waals surface area contributed by atoms with E-state index in [4.69, 9.17) is 20.8 Å². The molecule has 0 aliphatic carbocycles. The number of sulfonamides is 1. The largest absolute Gasteiger partial charge is 0.464 e. The van der Waals surface area contributed by atoms with Crippen molar-refractivity contribution in [2.45, 2.75) is 43.6 Å². The zero-order valence-electron chi connectivity index (χ0n) is 11.8. The van der Waals surface area contributed by atoms with Crippen LogP contribution >= 0.6 is 11.6 Å². The predicted molar refractivity (Wildman–Crippen MR) is 76.4 cm³/mol. The smallest absolute Gasteiger partial charge is 0.246 e. The third-order valence-electron chi connectivity index (χ3n) is 3.48. The fourth-order valence-corrected chi connectivity index (χ4v) is 4.25. The Hall–Kier alpha value is -0.560. The molecule has 1 aromatic rings. The lowest BCUT2D eigenvalue weighted by molar-refractivity contribution is 0.0290. The van der Waals surface area contributed by atoms with Crippen LogP contribution in [0.15, 0.2) is 15.4 Å². The van der Waals surface area contributed by atoms with Crippen LogP contribution in [0.4, 0.5) is 0 Å². The number of nitrogens with zero attached hydrogens (tertiary/aromatic N) is 1. The molecule has 114 valence electrons. The fraction of sp³-hybridized carbons (Fsp3) is 0.692. The summed E-state index contributed by atoms with van der Waals surface area (Å²) < 4.78 is 37.5. The van der Waals surface area contributed by atoms with Crippen LogP contribution in [0.25, 0.3) is 0 Å². The Balaban J connectivity index is 2.13. The van der Waals surface area contributed by atoms with Crippen LogP contribution in [-0.4, -0.2) is 38.5 Å². The highest BCUT2D eigenvalue weighted by Crippen LogP contribution is 2.27. The van der Waals surface area contributed by atoms with Gasteiger partial charge in [-0.1, -0.05) is 0 Å². The molecular formula is C13H20ClNO4S. The van der Waals surface area contributed by atoms with E-state index in [1.165, 1.54) is 10.4 Å². The van der Waals surface area contributed by atoms with Crippen LogP contribution in [0.1, 0.15) is 31.3 Å². The molecule has 0 unspecified atom stereocenters. The quantitative estimate of drug-likeness (QED) is 0.782. The van der Waals surface area contributed by atoms with Gasteiger partial charge in [0.05, 0.1) is 12.0 Å². The van der Waals surface area contributed by atoms with Gasteiger partial charge in [-0.2, -0.15) is 4.31 Å². The zero-order valence-corrected chi connectivity index (χ0v) is 13.3. The van der Waals surface area contributed by atoms with E-state index in [1.807, 2.05) is 6.92 Å². The number of rotatable bonds is 5. The molecule has 20 heavy (non-hydrogen) atoms. The number of furan rings is 1. The summed E-state index contributed by atoms with van der Waals surface area (Å²) in [5.74, 6) is 1.04. The Morgan fingerprint density at radius 3 is 2.60 bits per heavy atom. The van der Waals surface area contributed by atoms with Crippen LogP contribution in [0.2, 0.25) is 0 Å². The van der Waals surface area contributed by atoms with Gasteiger partial charge in [0.1, 0.15) is 16.4 Å². The average molecular weight is 322 g/mol. The Labute approximate surface area is 124 Å². The Morgan fingerprint density at radius 2 is 2.10 bits per heavy atom. The summed E-state index contributed by atoms with van der Waals surface area (Å²) in [4.78, 5) is 0.225. The number of hydrogen-bond donors (Lipinski definition) is 0. The molecule has 5 nitrogen and oxygen atoms in total. The summed E-state index contributed by atoms with van der Waals surface area (Å²) >= 11 is 5.68. The molecule has 0 atom stereocenters. The van der Waals surface area contributed by atoms with Crippen molar-refractivity contribution >= 4 is 21.6 Å². The van der Waals surface area contributed by atoms with E-state index in [2.05, 4.69) is 0 Å². The Kier molecular flexibility index (Phi) is 5.12. The maximum Gasteiger partial charge on any atom is 0.246 e. The van der Waals surface area contributed by atoms with Gasteiger partial charge in [0.15, 0.2) is 0 Å². The minimum absolute atomic E-state index is 0.162. The van der Waals surface area contributed by atoms with Gasteiger partial charge in [0, 0.05) is 25.8 Å². The molecule has 0 N–H and O–H groups in total. The molecule has 2 heterocycles. The van der Waals surface area contributed by atoms with Gasteiger partial charge in [-0.25, -0.2) is 8.42 Å². The lowest BCUT2D eigenvalue weighted by Gasteiger charge is -2.30. The van der Waals surface area contributed by atoms with Crippen molar-refractivity contribution in [2.75, 3.05) is 19.7 Å². The molecular weight excluding hydrogens is 302 g/mol. The topological polar surface area (TPSA) is 59.8 Å². The summed E-state index contributed by atoms with van der Waals surface area (Å²) in [6, 6.07) is 1.52. The van der Waals surface area contributed by atoms with Crippen molar-refractivity contribution < 1.29 is 17.6 Å². The van der Waals surface area contributed by atoms with Crippen molar-refractivity contribution in [1.82, 2.24) is 4.31 Å². The summed E-state index contributed by atoms with van der Waals surface area (Å²) in [5.41, 5.74) is 0. The first-order valence-electron chi connectivity index (χ1n) is 6.76. The van der Waals surface area contributed by atoms with Crippen LogP contribution in [0, 0.1) is 6.92 Å². The minimum Gasteiger partial charge on any atom is -0.464 e. The zero-order chi connectivity index (χ0) is 14.8. The van der Waals surface area contributed by atoms with Crippen molar-refractivity contribution in [3.8, 4) is 0 Å². The number of hydrogen-bond acceptors (Lipinski definition) is 4. The summed E-state index contributed by atoms with van der Waals surface area (Å²) in [6.45, 7) is 5.22. The highest BCUT2D eigenvalue weighted by atomic mass is 35.5. The fourth-order valence-electron chi connectivity index (χ4n) is 2.46. The second-order valence-electron chi connectivity index (χ2n) is 4.83. The van der Waals surface area contributed by atoms with Gasteiger partial charge in [0.2, 0.25) is 10.0 Å². The molecule has 0 radical (unpaired) electrons. The van der Waals surface area contributed by atoms with Gasteiger partial charge < -0.3 is 9.15 Å². The molecule has 0 saturated carbocycles. The molecule has 0 amide bonds. The molecule has 7 heteroatoms. The van der Waals surface area contributed by atoms with Crippen LogP contribution in [0.3, 0.4) is 0 Å². The second kappa shape index (κ2) is 6.47. The third-order valence-corrected chi connectivity index (χ3v) is 5.75. The van der Waals surface area contributed by atoms with Gasteiger partial charge in [-0.15, -0.1) is 11.6 Å². The highest BCUT2D eigenvalue weighted by molar-refractivity contribution is 7.89. The first-order valence-corrected chi connectivity index (χ1v) is 8.73. The summed E-state index contributed by atoms with van der Waals surface area (Å²) in [6.07, 6.45) is 1.62. The van der Waals surface area contributed by atoms with Crippen molar-refractivity contribution in [3.05, 3.63) is 17.6 Å². The molecule has 0 spiro atoms. The number of halogens is 1. The van der Waals surface area contributed by atoms with E-state index in [9.17, 15) is 8.42 Å². The number of aryl methyl sites for hydroxylation is 1. The van der Waals surface area contributed by atoms with E-state index in [0.717, 1.165) is 12.8 Å². The molecule has 0 aromatic carbocycles. The van der Waals surface area contributed by atoms with Crippen LogP contribution < -0.4 is 0 Å². The van der Waals surface area contributed by atoms with Crippen molar-refractivity contribution in [3.63, 3.8) is 0 Å². The molecule has 1 aliphatic heterocycles. The summed E-state index contributed by atoms with van der Waals surface area (Å²) in [5, 5.41) is 0. The molecule has 1 fully saturated rings. The molecule has 0 bridgehead atoms. The van der Waals surface area contributed by atoms with Gasteiger partial charge in [-0.05, 0) is 26.7 Å². The van der Waals surface area contributed by atoms with E-state index in [1.54, 1.807) is 6.92 Å². The van der Waals surface area contributed by atoms with E-state index < -0.39 is 10.0 Å². The summed E-state index contributed by atoms with van der Waals surface area (Å²) in [7, 11) is -3.49. The van der Waals surface area contributed by atoms with Gasteiger partial charge >= 0.3 is 0 Å². The third kappa shape index (κ3) is 3.19.